The molecule has 2 aromatic rings. The zero-order chi connectivity index (χ0) is 16.8. The predicted molar refractivity (Wildman–Crippen MR) is 84.8 cm³/mol. The zero-order valence-corrected chi connectivity index (χ0v) is 13.2. The summed E-state index contributed by atoms with van der Waals surface area (Å²) in [6.45, 7) is 4.22. The molecule has 124 valence electrons. The lowest BCUT2D eigenvalue weighted by atomic mass is 10.3. The Morgan fingerprint density at radius 3 is 2.35 bits per heavy atom. The average molecular weight is 320 g/mol. The van der Waals surface area contributed by atoms with E-state index in [1.165, 1.54) is 4.57 Å². The third-order valence-electron chi connectivity index (χ3n) is 3.25. The fraction of sp³-hybridized carbons (Fsp3) is 0.400. The van der Waals surface area contributed by atoms with E-state index in [9.17, 15) is 14.4 Å². The molecule has 8 heteroatoms. The van der Waals surface area contributed by atoms with E-state index >= 15 is 0 Å². The molecular formula is C15H20N4O4. The summed E-state index contributed by atoms with van der Waals surface area (Å²) < 4.78 is 7.66. The summed E-state index contributed by atoms with van der Waals surface area (Å²) in [6, 6.07) is 7.29. The molecule has 0 unspecified atom stereocenters. The second-order valence-corrected chi connectivity index (χ2v) is 4.90. The smallest absolute Gasteiger partial charge is 0.426 e. The van der Waals surface area contributed by atoms with Crippen LogP contribution in [0.5, 0.6) is 0 Å². The van der Waals surface area contributed by atoms with Gasteiger partial charge in [0.2, 0.25) is 0 Å². The van der Waals surface area contributed by atoms with Crippen LogP contribution >= 0.6 is 0 Å². The van der Waals surface area contributed by atoms with E-state index < -0.39 is 12.0 Å². The van der Waals surface area contributed by atoms with Gasteiger partial charge in [-0.1, -0.05) is 19.1 Å². The normalized spacial score (nSPS) is 10.5. The molecule has 2 rings (SSSR count). The minimum Gasteiger partial charge on any atom is -0.449 e. The first-order chi connectivity index (χ1) is 11.1. The number of carbonyl (C=O) groups excluding carboxylic acids is 2. The van der Waals surface area contributed by atoms with E-state index in [1.807, 2.05) is 25.1 Å². The minimum absolute atomic E-state index is 0.192. The van der Waals surface area contributed by atoms with Gasteiger partial charge in [0.25, 0.3) is 5.91 Å². The van der Waals surface area contributed by atoms with Crippen molar-refractivity contribution in [1.82, 2.24) is 20.0 Å². The number of hydrazine groups is 1. The van der Waals surface area contributed by atoms with Gasteiger partial charge in [-0.25, -0.2) is 15.0 Å². The van der Waals surface area contributed by atoms with Crippen molar-refractivity contribution in [2.45, 2.75) is 33.4 Å². The van der Waals surface area contributed by atoms with Crippen molar-refractivity contribution >= 4 is 23.0 Å². The maximum Gasteiger partial charge on any atom is 0.426 e. The van der Waals surface area contributed by atoms with Crippen LogP contribution in [0.15, 0.2) is 29.1 Å². The number of amides is 2. The van der Waals surface area contributed by atoms with Gasteiger partial charge in [-0.15, -0.1) is 0 Å². The molecule has 0 spiro atoms. The quantitative estimate of drug-likeness (QED) is 0.803. The van der Waals surface area contributed by atoms with E-state index in [2.05, 4.69) is 15.6 Å². The summed E-state index contributed by atoms with van der Waals surface area (Å²) in [5.41, 5.74) is 5.55. The van der Waals surface area contributed by atoms with E-state index in [0.29, 0.717) is 12.1 Å². The fourth-order valence-electron chi connectivity index (χ4n) is 2.34. The van der Waals surface area contributed by atoms with Crippen LogP contribution in [0, 0.1) is 0 Å². The lowest BCUT2D eigenvalue weighted by molar-refractivity contribution is -0.122. The number of nitrogens with one attached hydrogen (secondary N) is 2. The highest BCUT2D eigenvalue weighted by atomic mass is 16.5. The maximum atomic E-state index is 12.5. The number of imidazole rings is 1. The molecule has 0 aliphatic heterocycles. The Balaban J connectivity index is 2.20. The molecule has 0 aliphatic carbocycles. The van der Waals surface area contributed by atoms with Crippen LogP contribution in [0.25, 0.3) is 11.0 Å². The van der Waals surface area contributed by atoms with E-state index in [-0.39, 0.29) is 18.8 Å². The zero-order valence-electron chi connectivity index (χ0n) is 13.2. The number of carbonyl (C=O) groups is 2. The predicted octanol–water partition coefficient (Wildman–Crippen LogP) is 0.990. The Hall–Kier alpha value is -2.77. The van der Waals surface area contributed by atoms with Crippen molar-refractivity contribution in [1.29, 1.82) is 0 Å². The van der Waals surface area contributed by atoms with Crippen molar-refractivity contribution < 1.29 is 14.3 Å². The molecule has 2 amide bonds. The largest absolute Gasteiger partial charge is 0.449 e. The number of benzene rings is 1. The molecule has 0 radical (unpaired) electrons. The van der Waals surface area contributed by atoms with Crippen LogP contribution in [0.2, 0.25) is 0 Å². The number of aromatic nitrogens is 2. The number of rotatable bonds is 5. The van der Waals surface area contributed by atoms with Crippen LogP contribution in [-0.4, -0.2) is 27.7 Å². The van der Waals surface area contributed by atoms with Gasteiger partial charge in [0.1, 0.15) is 6.54 Å². The van der Waals surface area contributed by atoms with Gasteiger partial charge in [-0.2, -0.15) is 0 Å². The third kappa shape index (κ3) is 3.71. The molecular weight excluding hydrogens is 300 g/mol. The Bertz CT molecular complexity index is 762. The first kappa shape index (κ1) is 16.6. The molecule has 0 aliphatic rings. The summed E-state index contributed by atoms with van der Waals surface area (Å²) in [5, 5.41) is 0. The molecule has 23 heavy (non-hydrogen) atoms. The Morgan fingerprint density at radius 1 is 1.09 bits per heavy atom. The molecule has 0 saturated carbocycles. The van der Waals surface area contributed by atoms with E-state index in [4.69, 9.17) is 0 Å². The first-order valence-corrected chi connectivity index (χ1v) is 7.48. The summed E-state index contributed by atoms with van der Waals surface area (Å²) in [4.78, 5) is 35.6. The fourth-order valence-corrected chi connectivity index (χ4v) is 2.34. The SMILES string of the molecule is CCCn1c(=O)n(CC(=O)NNC(=O)OCC)c2ccccc21. The monoisotopic (exact) mass is 320 g/mol. The summed E-state index contributed by atoms with van der Waals surface area (Å²) in [7, 11) is 0. The van der Waals surface area contributed by atoms with Crippen LogP contribution < -0.4 is 16.5 Å². The number of hydrogen-bond acceptors (Lipinski definition) is 4. The average Bonchev–Trinajstić information content (AvgIpc) is 2.80. The van der Waals surface area contributed by atoms with Gasteiger partial charge in [0.05, 0.1) is 17.6 Å². The molecule has 1 aromatic carbocycles. The molecule has 1 aromatic heterocycles. The van der Waals surface area contributed by atoms with Gasteiger partial charge < -0.3 is 4.74 Å². The van der Waals surface area contributed by atoms with E-state index in [0.717, 1.165) is 11.9 Å². The Morgan fingerprint density at radius 2 is 1.74 bits per heavy atom. The first-order valence-electron chi connectivity index (χ1n) is 7.48. The molecule has 0 fully saturated rings. The third-order valence-corrected chi connectivity index (χ3v) is 3.25. The highest BCUT2D eigenvalue weighted by Gasteiger charge is 2.15. The van der Waals surface area contributed by atoms with Gasteiger partial charge in [0.15, 0.2) is 0 Å². The number of nitrogens with zero attached hydrogens (tertiary/aromatic N) is 2. The van der Waals surface area contributed by atoms with Crippen LogP contribution in [0.1, 0.15) is 20.3 Å². The second kappa shape index (κ2) is 7.48. The van der Waals surface area contributed by atoms with Crippen molar-refractivity contribution in [3.63, 3.8) is 0 Å². The van der Waals surface area contributed by atoms with Gasteiger partial charge in [-0.3, -0.25) is 19.4 Å². The van der Waals surface area contributed by atoms with Crippen LogP contribution in [-0.2, 0) is 22.6 Å². The molecule has 0 saturated heterocycles. The van der Waals surface area contributed by atoms with Gasteiger partial charge >= 0.3 is 11.8 Å². The number of ether oxygens (including phenoxy) is 1. The summed E-state index contributed by atoms with van der Waals surface area (Å²) >= 11 is 0. The second-order valence-electron chi connectivity index (χ2n) is 4.90. The highest BCUT2D eigenvalue weighted by Crippen LogP contribution is 2.12. The van der Waals surface area contributed by atoms with Crippen molar-refractivity contribution in [3.05, 3.63) is 34.7 Å². The van der Waals surface area contributed by atoms with E-state index in [1.54, 1.807) is 17.6 Å². The van der Waals surface area contributed by atoms with Crippen molar-refractivity contribution in [2.24, 2.45) is 0 Å². The summed E-state index contributed by atoms with van der Waals surface area (Å²) in [6.07, 6.45) is 0.0615. The Labute approximate surface area is 133 Å². The van der Waals surface area contributed by atoms with Gasteiger partial charge in [0, 0.05) is 6.54 Å². The Kier molecular flexibility index (Phi) is 5.40. The minimum atomic E-state index is -0.749. The maximum absolute atomic E-state index is 12.5. The number of aryl methyl sites for hydroxylation is 1. The number of para-hydroxylation sites is 2. The molecule has 0 bridgehead atoms. The topological polar surface area (TPSA) is 94.4 Å². The molecule has 8 nitrogen and oxygen atoms in total. The summed E-state index contributed by atoms with van der Waals surface area (Å²) in [5.74, 6) is -0.514. The lowest BCUT2D eigenvalue weighted by Crippen LogP contribution is -2.44. The molecule has 1 heterocycles. The van der Waals surface area contributed by atoms with Gasteiger partial charge in [-0.05, 0) is 25.5 Å². The lowest BCUT2D eigenvalue weighted by Gasteiger charge is -2.07. The molecule has 0 atom stereocenters. The van der Waals surface area contributed by atoms with Crippen molar-refractivity contribution in [2.75, 3.05) is 6.61 Å². The van der Waals surface area contributed by atoms with Crippen LogP contribution in [0.3, 0.4) is 0 Å². The standard InChI is InChI=1S/C15H20N4O4/c1-3-9-18-11-7-5-6-8-12(11)19(15(18)22)10-13(20)16-17-14(21)23-4-2/h5-8H,3-4,9-10H2,1-2H3,(H,16,20)(H,17,21). The van der Waals surface area contributed by atoms with Crippen LogP contribution in [0.4, 0.5) is 4.79 Å². The number of fused-ring (bicyclic) bond motifs is 1. The number of hydrogen-bond donors (Lipinski definition) is 2. The highest BCUT2D eigenvalue weighted by molar-refractivity contribution is 5.82. The molecule has 2 N–H and O–H groups in total. The van der Waals surface area contributed by atoms with Crippen molar-refractivity contribution in [3.8, 4) is 0 Å².